The van der Waals surface area contributed by atoms with Crippen LogP contribution in [0.25, 0.3) is 10.2 Å². The normalized spacial score (nSPS) is 14.2. The van der Waals surface area contributed by atoms with Crippen molar-refractivity contribution in [2.45, 2.75) is 19.8 Å². The number of hydrogen-bond acceptors (Lipinski definition) is 5. The molecule has 2 aromatic carbocycles. The van der Waals surface area contributed by atoms with Gasteiger partial charge in [0.1, 0.15) is 0 Å². The number of benzene rings is 2. The molecule has 0 unspecified atom stereocenters. The summed E-state index contributed by atoms with van der Waals surface area (Å²) in [4.78, 5) is 42.0. The van der Waals surface area contributed by atoms with Crippen LogP contribution < -0.4 is 10.2 Å². The van der Waals surface area contributed by atoms with E-state index in [0.29, 0.717) is 21.4 Å². The van der Waals surface area contributed by atoms with E-state index in [-0.39, 0.29) is 30.6 Å². The molecule has 3 aromatic rings. The summed E-state index contributed by atoms with van der Waals surface area (Å²) in [6.45, 7) is 1.91. The van der Waals surface area contributed by atoms with E-state index < -0.39 is 0 Å². The van der Waals surface area contributed by atoms with Gasteiger partial charge in [-0.25, -0.2) is 4.98 Å². The van der Waals surface area contributed by atoms with Crippen molar-refractivity contribution in [3.05, 3.63) is 52.5 Å². The van der Waals surface area contributed by atoms with Gasteiger partial charge in [-0.2, -0.15) is 0 Å². The number of aryl methyl sites for hydroxylation is 1. The first-order valence-electron chi connectivity index (χ1n) is 8.26. The number of amides is 3. The largest absolute Gasteiger partial charge is 0.298 e. The highest BCUT2D eigenvalue weighted by atomic mass is 35.5. The lowest BCUT2D eigenvalue weighted by molar-refractivity contribution is -0.121. The third-order valence-electron chi connectivity index (χ3n) is 4.29. The van der Waals surface area contributed by atoms with Crippen molar-refractivity contribution in [3.8, 4) is 0 Å². The molecule has 4 rings (SSSR count). The van der Waals surface area contributed by atoms with Crippen LogP contribution >= 0.6 is 22.9 Å². The summed E-state index contributed by atoms with van der Waals surface area (Å²) in [6.07, 6.45) is 0.395. The van der Waals surface area contributed by atoms with Gasteiger partial charge in [0.25, 0.3) is 5.91 Å². The standard InChI is InChI=1S/C19H14ClN3O3S/c1-10-7-12(20)9-14-17(10)21-19(27-14)22-18(26)11-3-2-4-13(8-11)23-15(24)5-6-16(23)25/h2-4,7-9H,5-6H2,1H3,(H,21,22,26). The number of imide groups is 1. The fraction of sp³-hybridized carbons (Fsp3) is 0.158. The fourth-order valence-electron chi connectivity index (χ4n) is 3.03. The average molecular weight is 400 g/mol. The summed E-state index contributed by atoms with van der Waals surface area (Å²) in [6, 6.07) is 10.1. The third kappa shape index (κ3) is 3.31. The maximum atomic E-state index is 12.6. The van der Waals surface area contributed by atoms with Crippen LogP contribution in [-0.2, 0) is 9.59 Å². The molecule has 1 N–H and O–H groups in total. The van der Waals surface area contributed by atoms with E-state index in [4.69, 9.17) is 11.6 Å². The molecule has 2 heterocycles. The molecule has 1 saturated heterocycles. The third-order valence-corrected chi connectivity index (χ3v) is 5.42. The molecule has 0 spiro atoms. The van der Waals surface area contributed by atoms with E-state index in [2.05, 4.69) is 10.3 Å². The first kappa shape index (κ1) is 17.6. The molecule has 0 saturated carbocycles. The maximum absolute atomic E-state index is 12.6. The Labute approximate surface area is 163 Å². The number of carbonyl (C=O) groups excluding carboxylic acids is 3. The van der Waals surface area contributed by atoms with E-state index in [0.717, 1.165) is 20.7 Å². The number of rotatable bonds is 3. The van der Waals surface area contributed by atoms with Crippen molar-refractivity contribution < 1.29 is 14.4 Å². The molecule has 27 heavy (non-hydrogen) atoms. The first-order valence-corrected chi connectivity index (χ1v) is 9.46. The molecule has 0 aliphatic carbocycles. The molecule has 3 amide bonds. The molecule has 1 aromatic heterocycles. The lowest BCUT2D eigenvalue weighted by Crippen LogP contribution is -2.28. The lowest BCUT2D eigenvalue weighted by atomic mass is 10.2. The minimum Gasteiger partial charge on any atom is -0.298 e. The Morgan fingerprint density at radius 3 is 2.67 bits per heavy atom. The van der Waals surface area contributed by atoms with Crippen molar-refractivity contribution in [1.82, 2.24) is 4.98 Å². The number of carbonyl (C=O) groups is 3. The Hall–Kier alpha value is -2.77. The minimum atomic E-state index is -0.362. The van der Waals surface area contributed by atoms with Crippen molar-refractivity contribution in [1.29, 1.82) is 0 Å². The number of anilines is 2. The van der Waals surface area contributed by atoms with E-state index in [1.807, 2.05) is 19.1 Å². The van der Waals surface area contributed by atoms with Gasteiger partial charge in [0.15, 0.2) is 5.13 Å². The van der Waals surface area contributed by atoms with Gasteiger partial charge < -0.3 is 0 Å². The summed E-state index contributed by atoms with van der Waals surface area (Å²) in [5.41, 5.74) is 2.47. The second-order valence-electron chi connectivity index (χ2n) is 6.22. The lowest BCUT2D eigenvalue weighted by Gasteiger charge is -2.14. The Bertz CT molecular complexity index is 1090. The van der Waals surface area contributed by atoms with Crippen LogP contribution in [0.1, 0.15) is 28.8 Å². The molecule has 0 radical (unpaired) electrons. The zero-order valence-electron chi connectivity index (χ0n) is 14.3. The second kappa shape index (κ2) is 6.75. The number of hydrogen-bond donors (Lipinski definition) is 1. The highest BCUT2D eigenvalue weighted by molar-refractivity contribution is 7.22. The quantitative estimate of drug-likeness (QED) is 0.670. The SMILES string of the molecule is Cc1cc(Cl)cc2sc(NC(=O)c3cccc(N4C(=O)CCC4=O)c3)nc12. The number of aromatic nitrogens is 1. The highest BCUT2D eigenvalue weighted by Gasteiger charge is 2.30. The van der Waals surface area contributed by atoms with Crippen LogP contribution in [0.15, 0.2) is 36.4 Å². The molecule has 136 valence electrons. The van der Waals surface area contributed by atoms with E-state index in [1.165, 1.54) is 17.4 Å². The van der Waals surface area contributed by atoms with E-state index in [9.17, 15) is 14.4 Å². The van der Waals surface area contributed by atoms with Gasteiger partial charge >= 0.3 is 0 Å². The van der Waals surface area contributed by atoms with Crippen molar-refractivity contribution >= 4 is 61.7 Å². The average Bonchev–Trinajstić information content (AvgIpc) is 3.17. The van der Waals surface area contributed by atoms with Crippen LogP contribution in [0.5, 0.6) is 0 Å². The fourth-order valence-corrected chi connectivity index (χ4v) is 4.34. The number of halogens is 1. The van der Waals surface area contributed by atoms with Crippen molar-refractivity contribution in [3.63, 3.8) is 0 Å². The molecule has 1 aliphatic rings. The highest BCUT2D eigenvalue weighted by Crippen LogP contribution is 2.31. The number of fused-ring (bicyclic) bond motifs is 1. The van der Waals surface area contributed by atoms with Gasteiger partial charge in [-0.3, -0.25) is 24.6 Å². The van der Waals surface area contributed by atoms with Gasteiger partial charge in [-0.1, -0.05) is 29.0 Å². The predicted molar refractivity (Wildman–Crippen MR) is 105 cm³/mol. The van der Waals surface area contributed by atoms with Gasteiger partial charge in [0, 0.05) is 23.4 Å². The Balaban J connectivity index is 1.60. The van der Waals surface area contributed by atoms with Crippen LogP contribution in [-0.4, -0.2) is 22.7 Å². The zero-order valence-corrected chi connectivity index (χ0v) is 15.9. The van der Waals surface area contributed by atoms with Gasteiger partial charge in [0.2, 0.25) is 11.8 Å². The van der Waals surface area contributed by atoms with Crippen LogP contribution in [0.4, 0.5) is 10.8 Å². The van der Waals surface area contributed by atoms with Gasteiger partial charge in [-0.05, 0) is 42.8 Å². The predicted octanol–water partition coefficient (Wildman–Crippen LogP) is 4.16. The monoisotopic (exact) mass is 399 g/mol. The molecule has 8 heteroatoms. The van der Waals surface area contributed by atoms with Crippen molar-refractivity contribution in [2.24, 2.45) is 0 Å². The van der Waals surface area contributed by atoms with Crippen molar-refractivity contribution in [2.75, 3.05) is 10.2 Å². The molecule has 1 fully saturated rings. The van der Waals surface area contributed by atoms with Gasteiger partial charge in [-0.15, -0.1) is 0 Å². The number of nitrogens with one attached hydrogen (secondary N) is 1. The Kier molecular flexibility index (Phi) is 4.41. The van der Waals surface area contributed by atoms with E-state index >= 15 is 0 Å². The van der Waals surface area contributed by atoms with Crippen LogP contribution in [0.2, 0.25) is 5.02 Å². The molecule has 0 atom stereocenters. The first-order chi connectivity index (χ1) is 12.9. The van der Waals surface area contributed by atoms with Gasteiger partial charge in [0.05, 0.1) is 15.9 Å². The summed E-state index contributed by atoms with van der Waals surface area (Å²) in [5.74, 6) is -0.870. The second-order valence-corrected chi connectivity index (χ2v) is 7.68. The van der Waals surface area contributed by atoms with Crippen LogP contribution in [0.3, 0.4) is 0 Å². The Morgan fingerprint density at radius 1 is 1.19 bits per heavy atom. The summed E-state index contributed by atoms with van der Waals surface area (Å²) < 4.78 is 0.886. The molecule has 0 bridgehead atoms. The minimum absolute atomic E-state index is 0.197. The molecular weight excluding hydrogens is 386 g/mol. The summed E-state index contributed by atoms with van der Waals surface area (Å²) in [5, 5.41) is 3.85. The summed E-state index contributed by atoms with van der Waals surface area (Å²) in [7, 11) is 0. The van der Waals surface area contributed by atoms with Crippen LogP contribution in [0, 0.1) is 6.92 Å². The molecular formula is C19H14ClN3O3S. The summed E-state index contributed by atoms with van der Waals surface area (Å²) >= 11 is 7.40. The molecule has 6 nitrogen and oxygen atoms in total. The topological polar surface area (TPSA) is 79.4 Å². The van der Waals surface area contributed by atoms with E-state index in [1.54, 1.807) is 18.2 Å². The smallest absolute Gasteiger partial charge is 0.257 e. The number of thiazole rings is 1. The molecule has 1 aliphatic heterocycles. The Morgan fingerprint density at radius 2 is 1.93 bits per heavy atom. The zero-order chi connectivity index (χ0) is 19.1. The maximum Gasteiger partial charge on any atom is 0.257 e. The number of nitrogens with zero attached hydrogens (tertiary/aromatic N) is 2.